The number of carbonyl (C=O) groups is 1. The van der Waals surface area contributed by atoms with E-state index in [9.17, 15) is 4.79 Å². The molecule has 3 aliphatic rings. The molecule has 25 heavy (non-hydrogen) atoms. The Kier molecular flexibility index (Phi) is 4.63. The molecule has 134 valence electrons. The maximum Gasteiger partial charge on any atom is 0.244 e. The average Bonchev–Trinajstić information content (AvgIpc) is 3.25. The van der Waals surface area contributed by atoms with Gasteiger partial charge in [-0.3, -0.25) is 4.79 Å². The third kappa shape index (κ3) is 3.80. The Morgan fingerprint density at radius 3 is 2.92 bits per heavy atom. The molecule has 2 aliphatic heterocycles. The van der Waals surface area contributed by atoms with Crippen molar-refractivity contribution in [2.75, 3.05) is 19.9 Å². The van der Waals surface area contributed by atoms with E-state index in [-0.39, 0.29) is 18.8 Å². The zero-order valence-electron chi connectivity index (χ0n) is 14.2. The summed E-state index contributed by atoms with van der Waals surface area (Å²) in [6.45, 7) is 1.26. The van der Waals surface area contributed by atoms with Crippen molar-refractivity contribution in [3.63, 3.8) is 0 Å². The van der Waals surface area contributed by atoms with Crippen molar-refractivity contribution in [3.8, 4) is 11.5 Å². The molecule has 0 bridgehead atoms. The molecule has 4 rings (SSSR count). The summed E-state index contributed by atoms with van der Waals surface area (Å²) in [6, 6.07) is 5.58. The van der Waals surface area contributed by atoms with Gasteiger partial charge in [0.15, 0.2) is 17.3 Å². The molecule has 1 aromatic rings. The number of carbonyl (C=O) groups excluding carboxylic acids is 1. The predicted octanol–water partition coefficient (Wildman–Crippen LogP) is 2.62. The lowest BCUT2D eigenvalue weighted by Gasteiger charge is -2.31. The molecule has 6 nitrogen and oxygen atoms in total. The monoisotopic (exact) mass is 345 g/mol. The van der Waals surface area contributed by atoms with Crippen molar-refractivity contribution < 1.29 is 23.7 Å². The fraction of sp³-hybridized carbons (Fsp3) is 0.526. The number of nitrogens with one attached hydrogen (secondary N) is 1. The standard InChI is InChI=1S/C19H23NO5/c21-18(7-5-14-4-6-16-17(10-14)23-13-22-16)20-11-15-12-24-19(25-15)8-2-1-3-9-19/h4-7,10,15H,1-3,8-9,11-13H2,(H,20,21)/b7-5+/t15-/m1/s1. The Morgan fingerprint density at radius 1 is 1.20 bits per heavy atom. The minimum atomic E-state index is -0.393. The molecule has 1 N–H and O–H groups in total. The number of rotatable bonds is 4. The average molecular weight is 345 g/mol. The Bertz CT molecular complexity index is 666. The van der Waals surface area contributed by atoms with Crippen molar-refractivity contribution >= 4 is 12.0 Å². The van der Waals surface area contributed by atoms with Crippen molar-refractivity contribution in [1.29, 1.82) is 0 Å². The fourth-order valence-electron chi connectivity index (χ4n) is 3.53. The first-order valence-corrected chi connectivity index (χ1v) is 8.90. The van der Waals surface area contributed by atoms with Gasteiger partial charge in [0.05, 0.1) is 6.61 Å². The number of ether oxygens (including phenoxy) is 4. The van der Waals surface area contributed by atoms with Crippen LogP contribution >= 0.6 is 0 Å². The maximum absolute atomic E-state index is 12.0. The molecule has 1 saturated carbocycles. The van der Waals surface area contributed by atoms with Gasteiger partial charge in [-0.2, -0.15) is 0 Å². The largest absolute Gasteiger partial charge is 0.454 e. The van der Waals surface area contributed by atoms with E-state index in [1.54, 1.807) is 6.08 Å². The van der Waals surface area contributed by atoms with Crippen molar-refractivity contribution in [3.05, 3.63) is 29.8 Å². The summed E-state index contributed by atoms with van der Waals surface area (Å²) in [4.78, 5) is 12.0. The zero-order chi connectivity index (χ0) is 17.1. The van der Waals surface area contributed by atoms with Gasteiger partial charge in [-0.25, -0.2) is 0 Å². The van der Waals surface area contributed by atoms with Crippen molar-refractivity contribution in [1.82, 2.24) is 5.32 Å². The molecule has 2 fully saturated rings. The lowest BCUT2D eigenvalue weighted by Crippen LogP contribution is -2.36. The quantitative estimate of drug-likeness (QED) is 0.850. The Morgan fingerprint density at radius 2 is 2.04 bits per heavy atom. The van der Waals surface area contributed by atoms with Crippen LogP contribution in [0.4, 0.5) is 0 Å². The molecule has 0 radical (unpaired) electrons. The van der Waals surface area contributed by atoms with Crippen LogP contribution in [0.2, 0.25) is 0 Å². The summed E-state index contributed by atoms with van der Waals surface area (Å²) in [6.07, 6.45) is 8.68. The second-order valence-electron chi connectivity index (χ2n) is 6.71. The normalized spacial score (nSPS) is 24.1. The molecule has 1 aromatic carbocycles. The van der Waals surface area contributed by atoms with Crippen LogP contribution in [0.5, 0.6) is 11.5 Å². The van der Waals surface area contributed by atoms with Gasteiger partial charge in [0.25, 0.3) is 0 Å². The van der Waals surface area contributed by atoms with Crippen LogP contribution in [-0.4, -0.2) is 37.7 Å². The molecule has 2 heterocycles. The van der Waals surface area contributed by atoms with Gasteiger partial charge in [-0.15, -0.1) is 0 Å². The highest BCUT2D eigenvalue weighted by molar-refractivity contribution is 5.91. The second-order valence-corrected chi connectivity index (χ2v) is 6.71. The van der Waals surface area contributed by atoms with Gasteiger partial charge in [-0.1, -0.05) is 12.5 Å². The molecule has 1 atom stereocenters. The number of hydrogen-bond donors (Lipinski definition) is 1. The van der Waals surface area contributed by atoms with E-state index in [0.29, 0.717) is 18.9 Å². The van der Waals surface area contributed by atoms with Crippen LogP contribution in [0.25, 0.3) is 6.08 Å². The highest BCUT2D eigenvalue weighted by atomic mass is 16.7. The van der Waals surface area contributed by atoms with Crippen LogP contribution in [0.3, 0.4) is 0 Å². The summed E-state index contributed by atoms with van der Waals surface area (Å²) < 4.78 is 22.5. The Hall–Kier alpha value is -2.05. The van der Waals surface area contributed by atoms with Crippen molar-refractivity contribution in [2.45, 2.75) is 44.0 Å². The number of fused-ring (bicyclic) bond motifs is 1. The van der Waals surface area contributed by atoms with Gasteiger partial charge in [0.2, 0.25) is 12.7 Å². The molecule has 0 unspecified atom stereocenters. The van der Waals surface area contributed by atoms with Gasteiger partial charge >= 0.3 is 0 Å². The Labute approximate surface area is 147 Å². The van der Waals surface area contributed by atoms with Gasteiger partial charge in [-0.05, 0) is 36.6 Å². The molecule has 0 aromatic heterocycles. The number of benzene rings is 1. The molecule has 1 saturated heterocycles. The van der Waals surface area contributed by atoms with E-state index in [2.05, 4.69) is 5.32 Å². The van der Waals surface area contributed by atoms with Gasteiger partial charge in [0.1, 0.15) is 6.10 Å². The topological polar surface area (TPSA) is 66.0 Å². The third-order valence-electron chi connectivity index (χ3n) is 4.86. The van der Waals surface area contributed by atoms with Crippen LogP contribution in [0.15, 0.2) is 24.3 Å². The first-order valence-electron chi connectivity index (χ1n) is 8.90. The smallest absolute Gasteiger partial charge is 0.244 e. The zero-order valence-corrected chi connectivity index (χ0v) is 14.2. The molecule has 1 spiro atoms. The Balaban J connectivity index is 1.25. The van der Waals surface area contributed by atoms with Crippen LogP contribution < -0.4 is 14.8 Å². The van der Waals surface area contributed by atoms with E-state index in [0.717, 1.165) is 37.0 Å². The summed E-state index contributed by atoms with van der Waals surface area (Å²) in [7, 11) is 0. The molecule has 1 amide bonds. The molecule has 1 aliphatic carbocycles. The number of hydrogen-bond acceptors (Lipinski definition) is 5. The molecular weight excluding hydrogens is 322 g/mol. The van der Waals surface area contributed by atoms with Gasteiger partial charge < -0.3 is 24.3 Å². The SMILES string of the molecule is O=C(/C=C/c1ccc2c(c1)OCO2)NC[C@@H]1COC2(CCCCC2)O1. The van der Waals surface area contributed by atoms with Gasteiger partial charge in [0, 0.05) is 25.5 Å². The van der Waals surface area contributed by atoms with E-state index in [4.69, 9.17) is 18.9 Å². The predicted molar refractivity (Wildman–Crippen MR) is 91.2 cm³/mol. The molecule has 6 heteroatoms. The third-order valence-corrected chi connectivity index (χ3v) is 4.86. The summed E-state index contributed by atoms with van der Waals surface area (Å²) in [5.74, 6) is 0.898. The lowest BCUT2D eigenvalue weighted by atomic mass is 9.94. The maximum atomic E-state index is 12.0. The highest BCUT2D eigenvalue weighted by Gasteiger charge is 2.42. The van der Waals surface area contributed by atoms with E-state index < -0.39 is 5.79 Å². The fourth-order valence-corrected chi connectivity index (χ4v) is 3.53. The van der Waals surface area contributed by atoms with Crippen LogP contribution in [0.1, 0.15) is 37.7 Å². The minimum Gasteiger partial charge on any atom is -0.454 e. The van der Waals surface area contributed by atoms with Crippen LogP contribution in [0, 0.1) is 0 Å². The van der Waals surface area contributed by atoms with Crippen LogP contribution in [-0.2, 0) is 14.3 Å². The minimum absolute atomic E-state index is 0.0685. The highest BCUT2D eigenvalue weighted by Crippen LogP contribution is 2.37. The summed E-state index contributed by atoms with van der Waals surface area (Å²) in [5, 5.41) is 2.88. The lowest BCUT2D eigenvalue weighted by molar-refractivity contribution is -0.186. The second kappa shape index (κ2) is 7.06. The summed E-state index contributed by atoms with van der Waals surface area (Å²) >= 11 is 0. The molecular formula is C19H23NO5. The van der Waals surface area contributed by atoms with E-state index in [1.165, 1.54) is 12.5 Å². The first-order chi connectivity index (χ1) is 12.2. The van der Waals surface area contributed by atoms with E-state index in [1.807, 2.05) is 18.2 Å². The first kappa shape index (κ1) is 16.4. The van der Waals surface area contributed by atoms with Crippen molar-refractivity contribution in [2.24, 2.45) is 0 Å². The van der Waals surface area contributed by atoms with E-state index >= 15 is 0 Å². The summed E-state index contributed by atoms with van der Waals surface area (Å²) in [5.41, 5.74) is 0.890. The number of amides is 1.